The van der Waals surface area contributed by atoms with E-state index in [4.69, 9.17) is 0 Å². The summed E-state index contributed by atoms with van der Waals surface area (Å²) in [5.74, 6) is -0.329. The summed E-state index contributed by atoms with van der Waals surface area (Å²) in [6, 6.07) is 1.73. The minimum atomic E-state index is -0.649. The maximum Gasteiger partial charge on any atom is 0.331 e. The van der Waals surface area contributed by atoms with Crippen LogP contribution in [0, 0.1) is 6.92 Å². The fourth-order valence-electron chi connectivity index (χ4n) is 1.51. The molecule has 2 heterocycles. The summed E-state index contributed by atoms with van der Waals surface area (Å²) in [5.41, 5.74) is -0.495. The third-order valence-electron chi connectivity index (χ3n) is 2.49. The third kappa shape index (κ3) is 1.99. The van der Waals surface area contributed by atoms with E-state index in [1.807, 2.05) is 0 Å². The van der Waals surface area contributed by atoms with Crippen molar-refractivity contribution < 1.29 is 5.11 Å². The molecule has 0 amide bonds. The molecule has 0 bridgehead atoms. The summed E-state index contributed by atoms with van der Waals surface area (Å²) < 4.78 is 2.66. The van der Waals surface area contributed by atoms with Gasteiger partial charge in [-0.1, -0.05) is 0 Å². The van der Waals surface area contributed by atoms with E-state index in [0.717, 1.165) is 4.57 Å². The molecule has 2 N–H and O–H groups in total. The van der Waals surface area contributed by atoms with Crippen LogP contribution in [0.15, 0.2) is 21.9 Å². The first kappa shape index (κ1) is 11.2. The number of nitrogens with zero attached hydrogens (tertiary/aromatic N) is 3. The van der Waals surface area contributed by atoms with Gasteiger partial charge < -0.3 is 5.11 Å². The maximum atomic E-state index is 11.5. The lowest BCUT2D eigenvalue weighted by Gasteiger charge is -2.07. The van der Waals surface area contributed by atoms with Crippen LogP contribution in [-0.2, 0) is 13.6 Å². The molecule has 2 aromatic heterocycles. The molecular weight excluding hydrogens is 224 g/mol. The van der Waals surface area contributed by atoms with Crippen molar-refractivity contribution in [3.05, 3.63) is 44.4 Å². The fraction of sp³-hybridized carbons (Fsp3) is 0.300. The summed E-state index contributed by atoms with van der Waals surface area (Å²) in [5, 5.41) is 13.8. The number of hydrogen-bond acceptors (Lipinski definition) is 4. The molecule has 0 atom stereocenters. The SMILES string of the molecule is Cc1c(O)n(Cc2ccn(C)n2)c(=O)[nH]c1=O. The van der Waals surface area contributed by atoms with Crippen LogP contribution in [0.5, 0.6) is 5.88 Å². The van der Waals surface area contributed by atoms with Gasteiger partial charge in [0.1, 0.15) is 0 Å². The smallest absolute Gasteiger partial charge is 0.331 e. The van der Waals surface area contributed by atoms with Crippen molar-refractivity contribution in [3.63, 3.8) is 0 Å². The van der Waals surface area contributed by atoms with Gasteiger partial charge >= 0.3 is 5.69 Å². The van der Waals surface area contributed by atoms with Crippen molar-refractivity contribution in [1.29, 1.82) is 0 Å². The van der Waals surface area contributed by atoms with Crippen molar-refractivity contribution >= 4 is 0 Å². The number of H-pyrrole nitrogens is 1. The monoisotopic (exact) mass is 236 g/mol. The topological polar surface area (TPSA) is 92.9 Å². The van der Waals surface area contributed by atoms with Gasteiger partial charge in [0.15, 0.2) is 0 Å². The Balaban J connectivity index is 2.50. The van der Waals surface area contributed by atoms with Gasteiger partial charge in [-0.3, -0.25) is 19.0 Å². The van der Waals surface area contributed by atoms with Gasteiger partial charge in [-0.2, -0.15) is 5.10 Å². The van der Waals surface area contributed by atoms with Gasteiger partial charge in [-0.25, -0.2) is 4.79 Å². The molecule has 0 aliphatic carbocycles. The second kappa shape index (κ2) is 3.93. The molecular formula is C10H12N4O3. The van der Waals surface area contributed by atoms with Crippen LogP contribution in [0.1, 0.15) is 11.3 Å². The van der Waals surface area contributed by atoms with E-state index in [9.17, 15) is 14.7 Å². The van der Waals surface area contributed by atoms with Gasteiger partial charge in [0.2, 0.25) is 5.88 Å². The first-order chi connectivity index (χ1) is 7.99. The number of aryl methyl sites for hydroxylation is 1. The molecule has 7 heteroatoms. The van der Waals surface area contributed by atoms with Gasteiger partial charge in [0.25, 0.3) is 5.56 Å². The van der Waals surface area contributed by atoms with Gasteiger partial charge in [0.05, 0.1) is 17.8 Å². The Morgan fingerprint density at radius 2 is 2.18 bits per heavy atom. The Morgan fingerprint density at radius 1 is 1.47 bits per heavy atom. The summed E-state index contributed by atoms with van der Waals surface area (Å²) >= 11 is 0. The summed E-state index contributed by atoms with van der Waals surface area (Å²) in [7, 11) is 1.75. The first-order valence-electron chi connectivity index (χ1n) is 5.00. The highest BCUT2D eigenvalue weighted by molar-refractivity contribution is 5.21. The highest BCUT2D eigenvalue weighted by Gasteiger charge is 2.11. The van der Waals surface area contributed by atoms with Crippen LogP contribution < -0.4 is 11.2 Å². The minimum absolute atomic E-state index is 0.112. The second-order valence-electron chi connectivity index (χ2n) is 3.77. The molecule has 0 fully saturated rings. The molecule has 0 unspecified atom stereocenters. The molecule has 17 heavy (non-hydrogen) atoms. The Morgan fingerprint density at radius 3 is 2.76 bits per heavy atom. The Bertz CT molecular complexity index is 665. The molecule has 0 aliphatic heterocycles. The van der Waals surface area contributed by atoms with Crippen LogP contribution in [0.3, 0.4) is 0 Å². The van der Waals surface area contributed by atoms with E-state index in [-0.39, 0.29) is 18.0 Å². The molecule has 7 nitrogen and oxygen atoms in total. The van der Waals surface area contributed by atoms with Crippen LogP contribution in [0.25, 0.3) is 0 Å². The average molecular weight is 236 g/mol. The first-order valence-corrected chi connectivity index (χ1v) is 5.00. The predicted molar refractivity (Wildman–Crippen MR) is 60.0 cm³/mol. The molecule has 2 rings (SSSR count). The largest absolute Gasteiger partial charge is 0.494 e. The van der Waals surface area contributed by atoms with Crippen LogP contribution >= 0.6 is 0 Å². The van der Waals surface area contributed by atoms with E-state index in [1.165, 1.54) is 6.92 Å². The zero-order chi connectivity index (χ0) is 12.6. The molecule has 90 valence electrons. The minimum Gasteiger partial charge on any atom is -0.494 e. The number of aromatic nitrogens is 4. The van der Waals surface area contributed by atoms with E-state index in [1.54, 1.807) is 24.0 Å². The quantitative estimate of drug-likeness (QED) is 0.723. The molecule has 0 saturated heterocycles. The molecule has 0 aromatic carbocycles. The van der Waals surface area contributed by atoms with E-state index < -0.39 is 11.2 Å². The number of aromatic amines is 1. The lowest BCUT2D eigenvalue weighted by Crippen LogP contribution is -2.31. The second-order valence-corrected chi connectivity index (χ2v) is 3.77. The summed E-state index contributed by atoms with van der Waals surface area (Å²) in [6.07, 6.45) is 1.73. The zero-order valence-electron chi connectivity index (χ0n) is 9.47. The van der Waals surface area contributed by atoms with Crippen LogP contribution in [-0.4, -0.2) is 24.4 Å². The number of hydrogen-bond donors (Lipinski definition) is 2. The van der Waals surface area contributed by atoms with Crippen molar-refractivity contribution in [1.82, 2.24) is 19.3 Å². The standard InChI is InChI=1S/C10H12N4O3/c1-6-8(15)11-10(17)14(9(6)16)5-7-3-4-13(2)12-7/h3-4,16H,5H2,1-2H3,(H,11,15,17). The van der Waals surface area contributed by atoms with E-state index in [2.05, 4.69) is 10.1 Å². The molecule has 0 aliphatic rings. The highest BCUT2D eigenvalue weighted by Crippen LogP contribution is 2.09. The van der Waals surface area contributed by atoms with Gasteiger partial charge in [-0.15, -0.1) is 0 Å². The van der Waals surface area contributed by atoms with Crippen molar-refractivity contribution in [2.75, 3.05) is 0 Å². The number of rotatable bonds is 2. The van der Waals surface area contributed by atoms with Gasteiger partial charge in [0, 0.05) is 13.2 Å². The summed E-state index contributed by atoms with van der Waals surface area (Å²) in [6.45, 7) is 1.56. The van der Waals surface area contributed by atoms with Crippen LogP contribution in [0.2, 0.25) is 0 Å². The molecule has 0 spiro atoms. The average Bonchev–Trinajstić information content (AvgIpc) is 2.67. The normalized spacial score (nSPS) is 10.7. The Kier molecular flexibility index (Phi) is 2.58. The lowest BCUT2D eigenvalue weighted by molar-refractivity contribution is 0.403. The Labute approximate surface area is 96.0 Å². The van der Waals surface area contributed by atoms with E-state index >= 15 is 0 Å². The third-order valence-corrected chi connectivity index (χ3v) is 2.49. The van der Waals surface area contributed by atoms with E-state index in [0.29, 0.717) is 5.69 Å². The Hall–Kier alpha value is -2.31. The maximum absolute atomic E-state index is 11.5. The summed E-state index contributed by atoms with van der Waals surface area (Å²) in [4.78, 5) is 24.9. The predicted octanol–water partition coefficient (Wildman–Crippen LogP) is -0.668. The van der Waals surface area contributed by atoms with Gasteiger partial charge in [-0.05, 0) is 13.0 Å². The molecule has 0 saturated carbocycles. The number of nitrogens with one attached hydrogen (secondary N) is 1. The van der Waals surface area contributed by atoms with Crippen LogP contribution in [0.4, 0.5) is 0 Å². The fourth-order valence-corrected chi connectivity index (χ4v) is 1.51. The number of aromatic hydroxyl groups is 1. The van der Waals surface area contributed by atoms with Crippen molar-refractivity contribution in [2.24, 2.45) is 7.05 Å². The van der Waals surface area contributed by atoms with Crippen molar-refractivity contribution in [2.45, 2.75) is 13.5 Å². The highest BCUT2D eigenvalue weighted by atomic mass is 16.3. The molecule has 0 radical (unpaired) electrons. The zero-order valence-corrected chi connectivity index (χ0v) is 9.47. The lowest BCUT2D eigenvalue weighted by atomic mass is 10.3. The van der Waals surface area contributed by atoms with Crippen molar-refractivity contribution in [3.8, 4) is 5.88 Å². The molecule has 2 aromatic rings.